The largest absolute Gasteiger partial charge is 0.508 e. The van der Waals surface area contributed by atoms with E-state index >= 15 is 0 Å². The van der Waals surface area contributed by atoms with Gasteiger partial charge in [0, 0.05) is 0 Å². The fourth-order valence-corrected chi connectivity index (χ4v) is 2.52. The molecule has 0 aliphatic rings. The van der Waals surface area contributed by atoms with Crippen molar-refractivity contribution in [3.05, 3.63) is 65.2 Å². The maximum atomic E-state index is 9.39. The summed E-state index contributed by atoms with van der Waals surface area (Å²) in [5.74, 6) is 1.80. The summed E-state index contributed by atoms with van der Waals surface area (Å²) < 4.78 is 5.20. The molecule has 0 heterocycles. The van der Waals surface area contributed by atoms with Crippen molar-refractivity contribution in [2.45, 2.75) is 26.7 Å². The van der Waals surface area contributed by atoms with E-state index in [0.717, 1.165) is 18.6 Å². The number of hydrogen-bond donors (Lipinski definition) is 1. The lowest BCUT2D eigenvalue weighted by Gasteiger charge is -2.11. The molecular formula is C20H24O2. The van der Waals surface area contributed by atoms with E-state index in [4.69, 9.17) is 4.74 Å². The number of phenolic OH excluding ortho intramolecular Hbond substituents is 1. The van der Waals surface area contributed by atoms with E-state index in [1.165, 1.54) is 16.7 Å². The van der Waals surface area contributed by atoms with Gasteiger partial charge in [0.2, 0.25) is 0 Å². The summed E-state index contributed by atoms with van der Waals surface area (Å²) in [5.41, 5.74) is 3.80. The first kappa shape index (κ1) is 16.2. The number of hydrogen-bond acceptors (Lipinski definition) is 2. The lowest BCUT2D eigenvalue weighted by molar-refractivity contribution is 0.415. The van der Waals surface area contributed by atoms with E-state index in [0.29, 0.717) is 11.7 Å². The topological polar surface area (TPSA) is 29.5 Å². The molecule has 22 heavy (non-hydrogen) atoms. The van der Waals surface area contributed by atoms with Crippen LogP contribution in [-0.4, -0.2) is 12.2 Å². The van der Waals surface area contributed by atoms with Crippen LogP contribution in [0.25, 0.3) is 6.08 Å². The van der Waals surface area contributed by atoms with Gasteiger partial charge < -0.3 is 9.84 Å². The molecule has 2 rings (SSSR count). The number of allylic oxidation sites excluding steroid dienone is 1. The minimum atomic E-state index is 0.313. The normalized spacial score (nSPS) is 11.7. The molecule has 2 aromatic rings. The Morgan fingerprint density at radius 3 is 2.23 bits per heavy atom. The maximum absolute atomic E-state index is 9.39. The van der Waals surface area contributed by atoms with E-state index in [2.05, 4.69) is 32.1 Å². The van der Waals surface area contributed by atoms with Gasteiger partial charge in [0.1, 0.15) is 11.5 Å². The van der Waals surface area contributed by atoms with E-state index in [1.807, 2.05) is 24.3 Å². The van der Waals surface area contributed by atoms with E-state index in [9.17, 15) is 5.11 Å². The maximum Gasteiger partial charge on any atom is 0.118 e. The van der Waals surface area contributed by atoms with Crippen LogP contribution in [0.3, 0.4) is 0 Å². The van der Waals surface area contributed by atoms with Crippen molar-refractivity contribution in [1.82, 2.24) is 0 Å². The number of ether oxygens (including phenoxy) is 1. The highest BCUT2D eigenvalue weighted by Crippen LogP contribution is 2.22. The van der Waals surface area contributed by atoms with Gasteiger partial charge in [0.25, 0.3) is 0 Å². The van der Waals surface area contributed by atoms with Crippen LogP contribution in [0, 0.1) is 5.92 Å². The second-order valence-corrected chi connectivity index (χ2v) is 6.02. The first-order valence-corrected chi connectivity index (χ1v) is 7.68. The zero-order valence-corrected chi connectivity index (χ0v) is 13.5. The second kappa shape index (κ2) is 7.69. The van der Waals surface area contributed by atoms with Crippen LogP contribution >= 0.6 is 0 Å². The Morgan fingerprint density at radius 2 is 1.68 bits per heavy atom. The van der Waals surface area contributed by atoms with E-state index in [-0.39, 0.29) is 0 Å². The molecule has 2 nitrogen and oxygen atoms in total. The summed E-state index contributed by atoms with van der Waals surface area (Å²) in [4.78, 5) is 0. The van der Waals surface area contributed by atoms with Gasteiger partial charge in [-0.25, -0.2) is 0 Å². The molecule has 0 fully saturated rings. The molecule has 0 amide bonds. The molecule has 0 aromatic heterocycles. The second-order valence-electron chi connectivity index (χ2n) is 6.02. The lowest BCUT2D eigenvalue weighted by Crippen LogP contribution is -1.96. The highest BCUT2D eigenvalue weighted by molar-refractivity contribution is 5.55. The number of aromatic hydroxyl groups is 1. The van der Waals surface area contributed by atoms with Gasteiger partial charge in [0.05, 0.1) is 7.11 Å². The Hall–Kier alpha value is -2.22. The minimum Gasteiger partial charge on any atom is -0.508 e. The average Bonchev–Trinajstić information content (AvgIpc) is 2.50. The van der Waals surface area contributed by atoms with Gasteiger partial charge >= 0.3 is 0 Å². The minimum absolute atomic E-state index is 0.313. The van der Waals surface area contributed by atoms with Gasteiger partial charge in [-0.3, -0.25) is 0 Å². The Labute approximate surface area is 133 Å². The van der Waals surface area contributed by atoms with Crippen LogP contribution in [0.5, 0.6) is 11.5 Å². The van der Waals surface area contributed by atoms with Crippen molar-refractivity contribution in [3.63, 3.8) is 0 Å². The molecule has 0 spiro atoms. The zero-order valence-electron chi connectivity index (χ0n) is 13.5. The lowest BCUT2D eigenvalue weighted by atomic mass is 9.95. The molecular weight excluding hydrogens is 272 g/mol. The van der Waals surface area contributed by atoms with Crippen molar-refractivity contribution in [1.29, 1.82) is 0 Å². The predicted octanol–water partition coefficient (Wildman–Crippen LogP) is 5.07. The molecule has 116 valence electrons. The van der Waals surface area contributed by atoms with Crippen LogP contribution in [-0.2, 0) is 6.42 Å². The quantitative estimate of drug-likeness (QED) is 0.806. The van der Waals surface area contributed by atoms with Gasteiger partial charge in [-0.1, -0.05) is 49.8 Å². The molecule has 0 radical (unpaired) electrons. The van der Waals surface area contributed by atoms with Crippen molar-refractivity contribution < 1.29 is 9.84 Å². The first-order valence-electron chi connectivity index (χ1n) is 7.68. The van der Waals surface area contributed by atoms with Crippen molar-refractivity contribution in [2.24, 2.45) is 5.92 Å². The van der Waals surface area contributed by atoms with Gasteiger partial charge in [-0.2, -0.15) is 0 Å². The van der Waals surface area contributed by atoms with Gasteiger partial charge in [-0.15, -0.1) is 0 Å². The molecule has 0 atom stereocenters. The van der Waals surface area contributed by atoms with E-state index < -0.39 is 0 Å². The molecule has 0 unspecified atom stereocenters. The smallest absolute Gasteiger partial charge is 0.118 e. The Morgan fingerprint density at radius 1 is 1.05 bits per heavy atom. The molecule has 1 N–H and O–H groups in total. The van der Waals surface area contributed by atoms with Gasteiger partial charge in [-0.05, 0) is 54.2 Å². The predicted molar refractivity (Wildman–Crippen MR) is 92.2 cm³/mol. The Balaban J connectivity index is 2.20. The number of methoxy groups -OCH3 is 1. The molecule has 0 saturated heterocycles. The highest BCUT2D eigenvalue weighted by atomic mass is 16.5. The van der Waals surface area contributed by atoms with Crippen LogP contribution < -0.4 is 4.74 Å². The van der Waals surface area contributed by atoms with Crippen LogP contribution in [0.4, 0.5) is 0 Å². The van der Waals surface area contributed by atoms with Crippen LogP contribution in [0.1, 0.15) is 31.4 Å². The average molecular weight is 296 g/mol. The molecule has 0 aliphatic carbocycles. The summed E-state index contributed by atoms with van der Waals surface area (Å²) >= 11 is 0. The Kier molecular flexibility index (Phi) is 5.65. The van der Waals surface area contributed by atoms with Crippen LogP contribution in [0.2, 0.25) is 0 Å². The fourth-order valence-electron chi connectivity index (χ4n) is 2.52. The van der Waals surface area contributed by atoms with Crippen molar-refractivity contribution >= 4 is 6.08 Å². The summed E-state index contributed by atoms with van der Waals surface area (Å²) in [6.07, 6.45) is 4.23. The summed E-state index contributed by atoms with van der Waals surface area (Å²) in [6.45, 7) is 4.47. The van der Waals surface area contributed by atoms with Crippen molar-refractivity contribution in [2.75, 3.05) is 7.11 Å². The standard InChI is InChI=1S/C20H24O2/c1-15(2)12-18(13-16-4-8-19(21)9-5-16)14-17-6-10-20(22-3)11-7-17/h4-11,14-15,21H,12-13H2,1-3H3/b18-14+. The number of benzene rings is 2. The first-order chi connectivity index (χ1) is 10.6. The third-order valence-electron chi connectivity index (χ3n) is 3.52. The molecule has 2 aromatic carbocycles. The molecule has 0 bridgehead atoms. The van der Waals surface area contributed by atoms with Crippen LogP contribution in [0.15, 0.2) is 54.1 Å². The SMILES string of the molecule is COc1ccc(/C=C(/Cc2ccc(O)cc2)CC(C)C)cc1. The zero-order chi connectivity index (χ0) is 15.9. The third-order valence-corrected chi connectivity index (χ3v) is 3.52. The number of rotatable bonds is 6. The number of phenols is 1. The fraction of sp³-hybridized carbons (Fsp3) is 0.300. The van der Waals surface area contributed by atoms with Crippen molar-refractivity contribution in [3.8, 4) is 11.5 Å². The molecule has 2 heteroatoms. The highest BCUT2D eigenvalue weighted by Gasteiger charge is 2.04. The van der Waals surface area contributed by atoms with Gasteiger partial charge in [0.15, 0.2) is 0 Å². The van der Waals surface area contributed by atoms with E-state index in [1.54, 1.807) is 19.2 Å². The molecule has 0 aliphatic heterocycles. The molecule has 0 saturated carbocycles. The summed E-state index contributed by atoms with van der Waals surface area (Å²) in [5, 5.41) is 9.39. The third kappa shape index (κ3) is 4.96. The summed E-state index contributed by atoms with van der Waals surface area (Å²) in [6, 6.07) is 15.6. The Bertz CT molecular complexity index is 607. The summed E-state index contributed by atoms with van der Waals surface area (Å²) in [7, 11) is 1.68. The monoisotopic (exact) mass is 296 g/mol.